The molecule has 1 aliphatic carbocycles. The van der Waals surface area contributed by atoms with Gasteiger partial charge in [0, 0.05) is 80.4 Å². The fraction of sp³-hybridized carbons (Fsp3) is 0.431. The van der Waals surface area contributed by atoms with Crippen molar-refractivity contribution in [2.75, 3.05) is 36.4 Å². The molecule has 0 spiro atoms. The van der Waals surface area contributed by atoms with Crippen LogP contribution in [0.5, 0.6) is 0 Å². The van der Waals surface area contributed by atoms with Gasteiger partial charge in [0.1, 0.15) is 17.5 Å². The number of hydrogen-bond acceptors (Lipinski definition) is 13. The number of fused-ring (bicyclic) bond motifs is 2. The lowest BCUT2D eigenvalue weighted by Crippen LogP contribution is -2.52. The lowest BCUT2D eigenvalue weighted by atomic mass is 9.83. The fourth-order valence-electron chi connectivity index (χ4n) is 11.0. The van der Waals surface area contributed by atoms with Gasteiger partial charge in [0.25, 0.3) is 11.5 Å². The summed E-state index contributed by atoms with van der Waals surface area (Å²) in [6.07, 6.45) is 10.3. The van der Waals surface area contributed by atoms with Crippen LogP contribution in [0.3, 0.4) is 0 Å². The van der Waals surface area contributed by atoms with Crippen LogP contribution in [-0.2, 0) is 28.3 Å². The van der Waals surface area contributed by atoms with Gasteiger partial charge >= 0.3 is 0 Å². The third-order valence-corrected chi connectivity index (χ3v) is 14.9. The number of imide groups is 1. The highest BCUT2D eigenvalue weighted by atomic mass is 16.3. The minimum absolute atomic E-state index is 0.0101. The maximum atomic E-state index is 13.7. The Morgan fingerprint density at radius 2 is 1.63 bits per heavy atom. The first-order valence-electron chi connectivity index (χ1n) is 23.6. The van der Waals surface area contributed by atoms with Gasteiger partial charge in [-0.1, -0.05) is 49.2 Å². The number of nitrogens with zero attached hydrogens (tertiary/aromatic N) is 7. The number of hydrogen-bond donors (Lipinski definition) is 3. The molecule has 2 aromatic carbocycles. The van der Waals surface area contributed by atoms with E-state index < -0.39 is 17.6 Å². The number of carbonyl (C=O) groups excluding carboxylic acids is 5. The molecule has 346 valence electrons. The van der Waals surface area contributed by atoms with Crippen molar-refractivity contribution < 1.29 is 29.1 Å². The van der Waals surface area contributed by atoms with Gasteiger partial charge < -0.3 is 20.2 Å². The van der Waals surface area contributed by atoms with Crippen molar-refractivity contribution in [3.8, 4) is 0 Å². The number of rotatable bonds is 11. The van der Waals surface area contributed by atoms with Crippen LogP contribution >= 0.6 is 0 Å². The summed E-state index contributed by atoms with van der Waals surface area (Å²) in [5, 5.41) is 18.0. The molecule has 67 heavy (non-hydrogen) atoms. The summed E-state index contributed by atoms with van der Waals surface area (Å²) in [7, 11) is 0. The highest BCUT2D eigenvalue weighted by Crippen LogP contribution is 2.38. The molecule has 1 saturated carbocycles. The average molecular weight is 906 g/mol. The molecule has 16 nitrogen and oxygen atoms in total. The van der Waals surface area contributed by atoms with E-state index in [1.165, 1.54) is 11.8 Å². The summed E-state index contributed by atoms with van der Waals surface area (Å²) < 4.78 is 1.70. The average Bonchev–Trinajstić information content (AvgIpc) is 3.98. The van der Waals surface area contributed by atoms with Crippen LogP contribution in [0.2, 0.25) is 0 Å². The van der Waals surface area contributed by atoms with E-state index in [9.17, 15) is 33.9 Å². The molecule has 3 amide bonds. The van der Waals surface area contributed by atoms with Gasteiger partial charge in [0.15, 0.2) is 11.6 Å². The molecule has 10 rings (SSSR count). The zero-order chi connectivity index (χ0) is 46.6. The minimum Gasteiger partial charge on any atom is -0.385 e. The number of benzene rings is 2. The van der Waals surface area contributed by atoms with Crippen LogP contribution in [0.15, 0.2) is 71.8 Å². The smallest absolute Gasteiger partial charge is 0.263 e. The number of Topliss-reactive ketones (excluding diaryl/α,β-unsaturated/α-hetero) is 2. The molecule has 16 heteroatoms. The third-order valence-electron chi connectivity index (χ3n) is 14.9. The van der Waals surface area contributed by atoms with E-state index in [0.717, 1.165) is 74.0 Å². The van der Waals surface area contributed by atoms with Crippen molar-refractivity contribution in [2.24, 2.45) is 5.92 Å². The second-order valence-corrected chi connectivity index (χ2v) is 19.0. The fourth-order valence-corrected chi connectivity index (χ4v) is 11.0. The summed E-state index contributed by atoms with van der Waals surface area (Å²) in [6.45, 7) is 6.98. The number of aliphatic hydroxyl groups is 1. The topological polar surface area (TPSA) is 200 Å². The number of aromatic nitrogens is 4. The Hall–Kier alpha value is -6.65. The maximum Gasteiger partial charge on any atom is 0.263 e. The highest BCUT2D eigenvalue weighted by molar-refractivity contribution is 6.05. The van der Waals surface area contributed by atoms with Crippen LogP contribution in [0.1, 0.15) is 131 Å². The number of ketones is 2. The second kappa shape index (κ2) is 17.9. The summed E-state index contributed by atoms with van der Waals surface area (Å²) in [5.74, 6) is -0.287. The summed E-state index contributed by atoms with van der Waals surface area (Å²) in [5.41, 5.74) is 4.84. The summed E-state index contributed by atoms with van der Waals surface area (Å²) in [6, 6.07) is 16.6. The van der Waals surface area contributed by atoms with Gasteiger partial charge in [-0.05, 0) is 99.2 Å². The molecule has 0 radical (unpaired) electrons. The van der Waals surface area contributed by atoms with Crippen molar-refractivity contribution >= 4 is 57.8 Å². The van der Waals surface area contributed by atoms with E-state index in [2.05, 4.69) is 30.4 Å². The normalized spacial score (nSPS) is 20.3. The van der Waals surface area contributed by atoms with Gasteiger partial charge in [0.05, 0.1) is 23.0 Å². The predicted octanol–water partition coefficient (Wildman–Crippen LogP) is 5.90. The van der Waals surface area contributed by atoms with E-state index in [-0.39, 0.29) is 59.4 Å². The lowest BCUT2D eigenvalue weighted by Gasteiger charge is -2.38. The Bertz CT molecular complexity index is 2860. The number of carbonyl (C=O) groups is 5. The minimum atomic E-state index is -1.04. The van der Waals surface area contributed by atoms with Crippen molar-refractivity contribution in [1.82, 2.24) is 34.6 Å². The Labute approximate surface area is 387 Å². The second-order valence-electron chi connectivity index (χ2n) is 19.0. The number of anilines is 3. The molecule has 5 aromatic rings. The van der Waals surface area contributed by atoms with Crippen molar-refractivity contribution in [3.63, 3.8) is 0 Å². The number of amides is 3. The van der Waals surface area contributed by atoms with Gasteiger partial charge in [-0.15, -0.1) is 0 Å². The number of nitrogens with one attached hydrogen (secondary N) is 2. The predicted molar refractivity (Wildman–Crippen MR) is 250 cm³/mol. The number of likely N-dealkylation sites (tertiary alicyclic amines) is 1. The van der Waals surface area contributed by atoms with Gasteiger partial charge in [-0.3, -0.25) is 43.6 Å². The maximum absolute atomic E-state index is 13.7. The van der Waals surface area contributed by atoms with E-state index in [4.69, 9.17) is 4.98 Å². The van der Waals surface area contributed by atoms with Crippen LogP contribution < -0.4 is 21.1 Å². The first-order chi connectivity index (χ1) is 32.3. The molecule has 5 aliphatic rings. The van der Waals surface area contributed by atoms with E-state index in [0.29, 0.717) is 78.4 Å². The molecule has 1 unspecified atom stereocenters. The van der Waals surface area contributed by atoms with E-state index in [1.54, 1.807) is 30.0 Å². The Morgan fingerprint density at radius 1 is 0.881 bits per heavy atom. The molecular formula is C51H55N9O7. The molecule has 3 saturated heterocycles. The van der Waals surface area contributed by atoms with Gasteiger partial charge in [-0.2, -0.15) is 4.98 Å². The Kier molecular flexibility index (Phi) is 11.8. The molecule has 1 atom stereocenters. The third kappa shape index (κ3) is 8.52. The molecule has 4 fully saturated rings. The van der Waals surface area contributed by atoms with Crippen LogP contribution in [-0.4, -0.2) is 95.9 Å². The standard InChI is InChI=1S/C51H55N9O7/c1-30-40-27-53-50(56-46(40)60(37-5-3-4-6-37)49(66)44(30)31(2)61)54-42-15-12-38(26-52-42)58-21-17-34(18-22-58)45(63)33-9-7-32(8-10-33)28-57-23-19-51(67,20-24-57)36-11-13-39-35(25-36)29-59(48(39)65)41-14-16-43(62)55-47(41)64/h7-13,15,25-27,34,37,41,67H,3-6,14,16-24,28-29H2,1-2H3,(H,55,62,64)(H,52,53,54,56). The van der Waals surface area contributed by atoms with Crippen molar-refractivity contribution in [1.29, 1.82) is 0 Å². The molecule has 0 bridgehead atoms. The number of pyridine rings is 2. The number of aryl methyl sites for hydroxylation is 1. The molecule has 3 aromatic heterocycles. The van der Waals surface area contributed by atoms with E-state index in [1.807, 2.05) is 48.5 Å². The van der Waals surface area contributed by atoms with Crippen LogP contribution in [0.4, 0.5) is 17.5 Å². The highest BCUT2D eigenvalue weighted by Gasteiger charge is 2.41. The van der Waals surface area contributed by atoms with Crippen LogP contribution in [0.25, 0.3) is 11.0 Å². The monoisotopic (exact) mass is 905 g/mol. The van der Waals surface area contributed by atoms with Crippen molar-refractivity contribution in [2.45, 2.75) is 109 Å². The van der Waals surface area contributed by atoms with Crippen molar-refractivity contribution in [3.05, 3.63) is 116 Å². The van der Waals surface area contributed by atoms with E-state index >= 15 is 0 Å². The quantitative estimate of drug-likeness (QED) is 0.105. The Balaban J connectivity index is 0.706. The zero-order valence-corrected chi connectivity index (χ0v) is 37.9. The number of piperidine rings is 3. The Morgan fingerprint density at radius 3 is 2.31 bits per heavy atom. The summed E-state index contributed by atoms with van der Waals surface area (Å²) in [4.78, 5) is 97.2. The zero-order valence-electron chi connectivity index (χ0n) is 37.9. The summed E-state index contributed by atoms with van der Waals surface area (Å²) >= 11 is 0. The largest absolute Gasteiger partial charge is 0.385 e. The first-order valence-corrected chi connectivity index (χ1v) is 23.6. The van der Waals surface area contributed by atoms with Crippen LogP contribution in [0, 0.1) is 12.8 Å². The van der Waals surface area contributed by atoms with Gasteiger partial charge in [-0.25, -0.2) is 9.97 Å². The van der Waals surface area contributed by atoms with Gasteiger partial charge in [0.2, 0.25) is 17.8 Å². The lowest BCUT2D eigenvalue weighted by molar-refractivity contribution is -0.136. The molecule has 4 aliphatic heterocycles. The molecule has 7 heterocycles. The SMILES string of the molecule is CC(=O)c1c(C)c2cnc(Nc3ccc(N4CCC(C(=O)c5ccc(CN6CCC(O)(c7ccc8c(c7)CN(C7CCC(=O)NC7=O)C8=O)CC6)cc5)CC4)cn3)nc2n(C2CCCC2)c1=O. The first kappa shape index (κ1) is 44.2. The molecular weight excluding hydrogens is 851 g/mol. The molecule has 3 N–H and O–H groups in total.